The molecular formula is C7H3ClF5N. The first-order chi connectivity index (χ1) is 6.34. The highest BCUT2D eigenvalue weighted by molar-refractivity contribution is 6.21. The maximum Gasteiger partial charge on any atom is 0.409 e. The van der Waals surface area contributed by atoms with E-state index in [0.717, 1.165) is 0 Å². The number of halogens is 6. The molecule has 0 aliphatic carbocycles. The molecule has 0 saturated carbocycles. The van der Waals surface area contributed by atoms with Crippen molar-refractivity contribution in [2.75, 3.05) is 0 Å². The van der Waals surface area contributed by atoms with Crippen molar-refractivity contribution < 1.29 is 22.0 Å². The van der Waals surface area contributed by atoms with Gasteiger partial charge < -0.3 is 0 Å². The Morgan fingerprint density at radius 2 is 1.57 bits per heavy atom. The second-order valence-corrected chi connectivity index (χ2v) is 2.86. The van der Waals surface area contributed by atoms with E-state index in [9.17, 15) is 22.0 Å². The number of aromatic nitrogens is 1. The van der Waals surface area contributed by atoms with Crippen molar-refractivity contribution in [3.63, 3.8) is 0 Å². The lowest BCUT2D eigenvalue weighted by atomic mass is 10.1. The highest BCUT2D eigenvalue weighted by atomic mass is 35.5. The molecule has 0 saturated heterocycles. The molecule has 1 aromatic heterocycles. The van der Waals surface area contributed by atoms with Gasteiger partial charge in [0.15, 0.2) is 5.38 Å². The zero-order valence-electron chi connectivity index (χ0n) is 6.45. The molecule has 1 unspecified atom stereocenters. The Balaban J connectivity index is 3.19. The molecular weight excluding hydrogens is 229 g/mol. The average Bonchev–Trinajstić information content (AvgIpc) is 2.01. The third kappa shape index (κ3) is 2.12. The van der Waals surface area contributed by atoms with Crippen molar-refractivity contribution >= 4 is 11.6 Å². The minimum atomic E-state index is -4.90. The van der Waals surface area contributed by atoms with Gasteiger partial charge in [0.25, 0.3) is 0 Å². The molecule has 1 atom stereocenters. The Morgan fingerprint density at radius 3 is 1.93 bits per heavy atom. The molecule has 14 heavy (non-hydrogen) atoms. The zero-order valence-corrected chi connectivity index (χ0v) is 7.20. The van der Waals surface area contributed by atoms with Gasteiger partial charge in [-0.05, 0) is 0 Å². The van der Waals surface area contributed by atoms with Gasteiger partial charge in [-0.2, -0.15) is 13.2 Å². The molecule has 0 aromatic carbocycles. The summed E-state index contributed by atoms with van der Waals surface area (Å²) in [5.41, 5.74) is -1.23. The monoisotopic (exact) mass is 231 g/mol. The van der Waals surface area contributed by atoms with Crippen molar-refractivity contribution in [3.05, 3.63) is 29.6 Å². The quantitative estimate of drug-likeness (QED) is 0.534. The van der Waals surface area contributed by atoms with Gasteiger partial charge in [0.05, 0.1) is 18.0 Å². The third-order valence-corrected chi connectivity index (χ3v) is 1.90. The van der Waals surface area contributed by atoms with E-state index in [-0.39, 0.29) is 0 Å². The first kappa shape index (κ1) is 11.2. The van der Waals surface area contributed by atoms with E-state index in [0.29, 0.717) is 12.4 Å². The fourth-order valence-electron chi connectivity index (χ4n) is 0.827. The number of rotatable bonds is 1. The van der Waals surface area contributed by atoms with E-state index >= 15 is 0 Å². The van der Waals surface area contributed by atoms with Crippen LogP contribution in [0.3, 0.4) is 0 Å². The number of hydrogen-bond donors (Lipinski definition) is 0. The van der Waals surface area contributed by atoms with E-state index in [1.807, 2.05) is 0 Å². The predicted molar refractivity (Wildman–Crippen MR) is 38.8 cm³/mol. The lowest BCUT2D eigenvalue weighted by Gasteiger charge is -2.14. The van der Waals surface area contributed by atoms with Crippen LogP contribution in [0, 0.1) is 11.6 Å². The van der Waals surface area contributed by atoms with E-state index in [4.69, 9.17) is 11.6 Å². The highest BCUT2D eigenvalue weighted by Gasteiger charge is 2.42. The summed E-state index contributed by atoms with van der Waals surface area (Å²) in [5.74, 6) is -2.83. The first-order valence-corrected chi connectivity index (χ1v) is 3.77. The molecule has 0 spiro atoms. The van der Waals surface area contributed by atoms with E-state index < -0.39 is 28.8 Å². The second kappa shape index (κ2) is 3.68. The predicted octanol–water partition coefficient (Wildman–Crippen LogP) is 3.20. The number of nitrogens with zero attached hydrogens (tertiary/aromatic N) is 1. The van der Waals surface area contributed by atoms with Crippen LogP contribution in [0.2, 0.25) is 0 Å². The fraction of sp³-hybridized carbons (Fsp3) is 0.286. The SMILES string of the molecule is Fc1cncc(F)c1C(Cl)C(F)(F)F. The summed E-state index contributed by atoms with van der Waals surface area (Å²) < 4.78 is 61.5. The maximum absolute atomic E-state index is 12.7. The van der Waals surface area contributed by atoms with Crippen LogP contribution in [0.25, 0.3) is 0 Å². The first-order valence-electron chi connectivity index (χ1n) is 3.33. The Kier molecular flexibility index (Phi) is 2.94. The van der Waals surface area contributed by atoms with Crippen LogP contribution < -0.4 is 0 Å². The maximum atomic E-state index is 12.7. The standard InChI is InChI=1S/C7H3ClF5N/c8-6(7(11,12)13)5-3(9)1-14-2-4(5)10/h1-2,6H. The van der Waals surface area contributed by atoms with Crippen molar-refractivity contribution in [1.82, 2.24) is 4.98 Å². The Hall–Kier alpha value is -0.910. The largest absolute Gasteiger partial charge is 0.409 e. The summed E-state index contributed by atoms with van der Waals surface area (Å²) in [6.07, 6.45) is -3.95. The lowest BCUT2D eigenvalue weighted by Crippen LogP contribution is -2.18. The topological polar surface area (TPSA) is 12.9 Å². The van der Waals surface area contributed by atoms with Crippen LogP contribution in [0.15, 0.2) is 12.4 Å². The van der Waals surface area contributed by atoms with Crippen molar-refractivity contribution in [2.24, 2.45) is 0 Å². The molecule has 78 valence electrons. The van der Waals surface area contributed by atoms with Gasteiger partial charge in [-0.15, -0.1) is 11.6 Å². The number of hydrogen-bond acceptors (Lipinski definition) is 1. The minimum Gasteiger partial charge on any atom is -0.259 e. The summed E-state index contributed by atoms with van der Waals surface area (Å²) in [4.78, 5) is 3.03. The smallest absolute Gasteiger partial charge is 0.259 e. The summed E-state index contributed by atoms with van der Waals surface area (Å²) in [6.45, 7) is 0. The van der Waals surface area contributed by atoms with Crippen LogP contribution in [-0.4, -0.2) is 11.2 Å². The van der Waals surface area contributed by atoms with Crippen LogP contribution >= 0.6 is 11.6 Å². The molecule has 0 aliphatic rings. The summed E-state index contributed by atoms with van der Waals surface area (Å²) in [6, 6.07) is 0. The van der Waals surface area contributed by atoms with Gasteiger partial charge >= 0.3 is 6.18 Å². The number of pyridine rings is 1. The minimum absolute atomic E-state index is 0.472. The zero-order chi connectivity index (χ0) is 10.9. The van der Waals surface area contributed by atoms with Gasteiger partial charge in [-0.1, -0.05) is 0 Å². The Labute approximate surface area is 80.5 Å². The lowest BCUT2D eigenvalue weighted by molar-refractivity contribution is -0.132. The third-order valence-electron chi connectivity index (χ3n) is 1.43. The van der Waals surface area contributed by atoms with Gasteiger partial charge in [0.1, 0.15) is 11.6 Å². The van der Waals surface area contributed by atoms with Crippen LogP contribution in [0.1, 0.15) is 10.9 Å². The molecule has 7 heteroatoms. The molecule has 1 heterocycles. The molecule has 0 fully saturated rings. The summed E-state index contributed by atoms with van der Waals surface area (Å²) in [5, 5.41) is -2.70. The van der Waals surface area contributed by atoms with Gasteiger partial charge in [-0.25, -0.2) is 8.78 Å². The molecule has 1 nitrogen and oxygen atoms in total. The van der Waals surface area contributed by atoms with E-state index in [1.165, 1.54) is 0 Å². The van der Waals surface area contributed by atoms with Crippen LogP contribution in [-0.2, 0) is 0 Å². The molecule has 0 radical (unpaired) electrons. The molecule has 0 N–H and O–H groups in total. The molecule has 0 aliphatic heterocycles. The van der Waals surface area contributed by atoms with Crippen molar-refractivity contribution in [2.45, 2.75) is 11.6 Å². The van der Waals surface area contributed by atoms with Crippen molar-refractivity contribution in [3.8, 4) is 0 Å². The normalized spacial score (nSPS) is 14.1. The Morgan fingerprint density at radius 1 is 1.14 bits per heavy atom. The molecule has 1 aromatic rings. The summed E-state index contributed by atoms with van der Waals surface area (Å²) >= 11 is 4.86. The number of alkyl halides is 4. The van der Waals surface area contributed by atoms with Crippen molar-refractivity contribution in [1.29, 1.82) is 0 Å². The fourth-order valence-corrected chi connectivity index (χ4v) is 1.04. The van der Waals surface area contributed by atoms with Crippen LogP contribution in [0.5, 0.6) is 0 Å². The van der Waals surface area contributed by atoms with E-state index in [1.54, 1.807) is 0 Å². The van der Waals surface area contributed by atoms with Crippen LogP contribution in [0.4, 0.5) is 22.0 Å². The summed E-state index contributed by atoms with van der Waals surface area (Å²) in [7, 11) is 0. The molecule has 1 rings (SSSR count). The van der Waals surface area contributed by atoms with Gasteiger partial charge in [0.2, 0.25) is 0 Å². The van der Waals surface area contributed by atoms with Gasteiger partial charge in [-0.3, -0.25) is 4.98 Å². The second-order valence-electron chi connectivity index (χ2n) is 2.42. The van der Waals surface area contributed by atoms with E-state index in [2.05, 4.69) is 4.98 Å². The Bertz CT molecular complexity index is 317. The molecule has 0 bridgehead atoms. The molecule has 0 amide bonds. The average molecular weight is 232 g/mol. The van der Waals surface area contributed by atoms with Gasteiger partial charge in [0, 0.05) is 0 Å². The highest BCUT2D eigenvalue weighted by Crippen LogP contribution is 2.39.